The summed E-state index contributed by atoms with van der Waals surface area (Å²) in [5, 5.41) is 6.73. The molecule has 10 heteroatoms. The van der Waals surface area contributed by atoms with Gasteiger partial charge in [-0.05, 0) is 0 Å². The van der Waals surface area contributed by atoms with Crippen molar-refractivity contribution >= 4 is 32.3 Å². The zero-order valence-electron chi connectivity index (χ0n) is 11.5. The molecule has 1 aliphatic heterocycles. The average Bonchev–Trinajstić information content (AvgIpc) is 3.09. The van der Waals surface area contributed by atoms with Crippen LogP contribution in [0.25, 0.3) is 0 Å². The van der Waals surface area contributed by atoms with Gasteiger partial charge in [0.1, 0.15) is 4.90 Å². The van der Waals surface area contributed by atoms with E-state index >= 15 is 0 Å². The SMILES string of the molecule is Cn1cc(S(=O)(=O)N2CCN(c3nccs3)CC2)c(N)n1. The molecule has 0 unspecified atom stereocenters. The van der Waals surface area contributed by atoms with E-state index in [1.807, 2.05) is 5.38 Å². The fourth-order valence-electron chi connectivity index (χ4n) is 2.31. The van der Waals surface area contributed by atoms with Crippen molar-refractivity contribution in [3.8, 4) is 0 Å². The van der Waals surface area contributed by atoms with E-state index in [0.717, 1.165) is 5.13 Å². The molecule has 2 aromatic heterocycles. The van der Waals surface area contributed by atoms with E-state index in [-0.39, 0.29) is 10.7 Å². The minimum absolute atomic E-state index is 0.0415. The molecular weight excluding hydrogens is 312 g/mol. The largest absolute Gasteiger partial charge is 0.381 e. The van der Waals surface area contributed by atoms with Gasteiger partial charge < -0.3 is 10.6 Å². The predicted octanol–water partition coefficient (Wildman–Crippen LogP) is -0.0303. The third kappa shape index (κ3) is 2.61. The number of nitrogens with two attached hydrogens (primary N) is 1. The van der Waals surface area contributed by atoms with Gasteiger partial charge in [-0.2, -0.15) is 9.40 Å². The van der Waals surface area contributed by atoms with E-state index < -0.39 is 10.0 Å². The van der Waals surface area contributed by atoms with Crippen LogP contribution in [0.1, 0.15) is 0 Å². The van der Waals surface area contributed by atoms with Gasteiger partial charge in [-0.15, -0.1) is 11.3 Å². The van der Waals surface area contributed by atoms with Gasteiger partial charge in [0, 0.05) is 51.0 Å². The highest BCUT2D eigenvalue weighted by atomic mass is 32.2. The molecule has 3 rings (SSSR count). The molecular formula is C11H16N6O2S2. The fourth-order valence-corrected chi connectivity index (χ4v) is 4.52. The summed E-state index contributed by atoms with van der Waals surface area (Å²) in [7, 11) is -1.93. The Labute approximate surface area is 126 Å². The van der Waals surface area contributed by atoms with E-state index in [9.17, 15) is 8.42 Å². The summed E-state index contributed by atoms with van der Waals surface area (Å²) in [6, 6.07) is 0. The van der Waals surface area contributed by atoms with Crippen LogP contribution in [0.15, 0.2) is 22.7 Å². The molecule has 0 radical (unpaired) electrons. The van der Waals surface area contributed by atoms with E-state index in [4.69, 9.17) is 5.73 Å². The van der Waals surface area contributed by atoms with Gasteiger partial charge in [-0.3, -0.25) is 4.68 Å². The molecule has 0 aromatic carbocycles. The first kappa shape index (κ1) is 14.3. The van der Waals surface area contributed by atoms with Crippen LogP contribution in [-0.4, -0.2) is 53.7 Å². The molecule has 8 nitrogen and oxygen atoms in total. The lowest BCUT2D eigenvalue weighted by Gasteiger charge is -2.33. The second-order valence-corrected chi connectivity index (χ2v) is 7.54. The highest BCUT2D eigenvalue weighted by Crippen LogP contribution is 2.24. The number of anilines is 2. The maximum atomic E-state index is 12.6. The average molecular weight is 328 g/mol. The fraction of sp³-hybridized carbons (Fsp3) is 0.455. The molecule has 1 aliphatic rings. The van der Waals surface area contributed by atoms with Gasteiger partial charge in [0.2, 0.25) is 10.0 Å². The topological polar surface area (TPSA) is 97.4 Å². The van der Waals surface area contributed by atoms with E-state index in [2.05, 4.69) is 15.0 Å². The second-order valence-electron chi connectivity index (χ2n) is 4.76. The number of nitrogen functional groups attached to an aromatic ring is 1. The van der Waals surface area contributed by atoms with Crippen molar-refractivity contribution in [2.24, 2.45) is 7.05 Å². The first-order chi connectivity index (χ1) is 9.98. The van der Waals surface area contributed by atoms with Gasteiger partial charge >= 0.3 is 0 Å². The minimum atomic E-state index is -3.58. The van der Waals surface area contributed by atoms with Gasteiger partial charge in [-0.25, -0.2) is 13.4 Å². The summed E-state index contributed by atoms with van der Waals surface area (Å²) >= 11 is 1.55. The lowest BCUT2D eigenvalue weighted by molar-refractivity contribution is 0.385. The third-order valence-corrected chi connectivity index (χ3v) is 6.12. The number of sulfonamides is 1. The number of piperazine rings is 1. The van der Waals surface area contributed by atoms with E-state index in [1.165, 1.54) is 15.2 Å². The summed E-state index contributed by atoms with van der Waals surface area (Å²) < 4.78 is 28.0. The zero-order valence-corrected chi connectivity index (χ0v) is 13.1. The molecule has 1 saturated heterocycles. The van der Waals surface area contributed by atoms with Crippen LogP contribution in [0, 0.1) is 0 Å². The third-order valence-electron chi connectivity index (χ3n) is 3.37. The minimum Gasteiger partial charge on any atom is -0.381 e. The van der Waals surface area contributed by atoms with Crippen molar-refractivity contribution in [2.75, 3.05) is 36.8 Å². The van der Waals surface area contributed by atoms with Crippen LogP contribution in [0.3, 0.4) is 0 Å². The Morgan fingerprint density at radius 3 is 2.52 bits per heavy atom. The van der Waals surface area contributed by atoms with Crippen LogP contribution in [0.5, 0.6) is 0 Å². The molecule has 2 aromatic rings. The Morgan fingerprint density at radius 2 is 2.00 bits per heavy atom. The highest BCUT2D eigenvalue weighted by molar-refractivity contribution is 7.89. The van der Waals surface area contributed by atoms with Crippen LogP contribution >= 0.6 is 11.3 Å². The second kappa shape index (κ2) is 5.28. The Bertz CT molecular complexity index is 716. The number of nitrogens with zero attached hydrogens (tertiary/aromatic N) is 5. The molecule has 0 spiro atoms. The number of aromatic nitrogens is 3. The molecule has 21 heavy (non-hydrogen) atoms. The standard InChI is InChI=1S/C11H16N6O2S2/c1-15-8-9(10(12)14-15)21(18,19)17-5-3-16(4-6-17)11-13-2-7-20-11/h2,7-8H,3-6H2,1H3,(H2,12,14). The number of aryl methyl sites for hydroxylation is 1. The monoisotopic (exact) mass is 328 g/mol. The Hall–Kier alpha value is -1.65. The number of hydrogen-bond donors (Lipinski definition) is 1. The number of rotatable bonds is 3. The van der Waals surface area contributed by atoms with Crippen molar-refractivity contribution in [1.29, 1.82) is 0 Å². The smallest absolute Gasteiger partial charge is 0.248 e. The molecule has 1 fully saturated rings. The summed E-state index contributed by atoms with van der Waals surface area (Å²) in [6.07, 6.45) is 3.19. The molecule has 2 N–H and O–H groups in total. The maximum Gasteiger partial charge on any atom is 0.248 e. The Morgan fingerprint density at radius 1 is 1.29 bits per heavy atom. The van der Waals surface area contributed by atoms with Crippen LogP contribution in [0.2, 0.25) is 0 Å². The Balaban J connectivity index is 1.76. The molecule has 0 amide bonds. The highest BCUT2D eigenvalue weighted by Gasteiger charge is 2.31. The van der Waals surface area contributed by atoms with E-state index in [0.29, 0.717) is 26.2 Å². The quantitative estimate of drug-likeness (QED) is 0.850. The lowest BCUT2D eigenvalue weighted by Crippen LogP contribution is -2.48. The number of hydrogen-bond acceptors (Lipinski definition) is 7. The summed E-state index contributed by atoms with van der Waals surface area (Å²) in [4.78, 5) is 6.41. The van der Waals surface area contributed by atoms with E-state index in [1.54, 1.807) is 24.6 Å². The first-order valence-electron chi connectivity index (χ1n) is 6.42. The lowest BCUT2D eigenvalue weighted by atomic mass is 10.4. The molecule has 0 saturated carbocycles. The maximum absolute atomic E-state index is 12.6. The van der Waals surface area contributed by atoms with Gasteiger partial charge in [0.25, 0.3) is 0 Å². The van der Waals surface area contributed by atoms with Crippen LogP contribution < -0.4 is 10.6 Å². The zero-order chi connectivity index (χ0) is 15.0. The van der Waals surface area contributed by atoms with Crippen LogP contribution in [0.4, 0.5) is 10.9 Å². The predicted molar refractivity (Wildman–Crippen MR) is 80.7 cm³/mol. The van der Waals surface area contributed by atoms with Gasteiger partial charge in [0.15, 0.2) is 10.9 Å². The van der Waals surface area contributed by atoms with Crippen molar-refractivity contribution in [3.63, 3.8) is 0 Å². The summed E-state index contributed by atoms with van der Waals surface area (Å²) in [6.45, 7) is 2.06. The normalized spacial score (nSPS) is 17.3. The number of thiazole rings is 1. The van der Waals surface area contributed by atoms with Gasteiger partial charge in [0.05, 0.1) is 0 Å². The summed E-state index contributed by atoms with van der Waals surface area (Å²) in [5.41, 5.74) is 5.68. The van der Waals surface area contributed by atoms with Gasteiger partial charge in [-0.1, -0.05) is 0 Å². The molecule has 114 valence electrons. The van der Waals surface area contributed by atoms with Crippen molar-refractivity contribution in [3.05, 3.63) is 17.8 Å². The first-order valence-corrected chi connectivity index (χ1v) is 8.74. The molecule has 0 atom stereocenters. The molecule has 3 heterocycles. The van der Waals surface area contributed by atoms with Crippen molar-refractivity contribution in [1.82, 2.24) is 19.1 Å². The van der Waals surface area contributed by atoms with Crippen LogP contribution in [-0.2, 0) is 17.1 Å². The summed E-state index contributed by atoms with van der Waals surface area (Å²) in [5.74, 6) is 0.0415. The molecule has 0 aliphatic carbocycles. The molecule has 0 bridgehead atoms. The van der Waals surface area contributed by atoms with Crippen molar-refractivity contribution in [2.45, 2.75) is 4.90 Å². The Kier molecular flexibility index (Phi) is 3.59. The van der Waals surface area contributed by atoms with Crippen molar-refractivity contribution < 1.29 is 8.42 Å².